The number of hydrogen-bond acceptors (Lipinski definition) is 0. The molecule has 0 spiro atoms. The molecule has 1 N–H and O–H groups in total. The van der Waals surface area contributed by atoms with Gasteiger partial charge in [0.1, 0.15) is 5.69 Å². The number of piperidine rings is 1. The Bertz CT molecular complexity index is 272. The molecule has 0 aliphatic carbocycles. The molecule has 0 amide bonds. The summed E-state index contributed by atoms with van der Waals surface area (Å²) in [7, 11) is 0. The minimum Gasteiger partial charge on any atom is -1.00 e. The first-order valence-electron chi connectivity index (χ1n) is 4.89. The number of nitrogens with one attached hydrogen (secondary N) is 1. The third kappa shape index (κ3) is 1.27. The Balaban J connectivity index is 0.000000653. The average Bonchev–Trinajstić information content (AvgIpc) is 2.20. The van der Waals surface area contributed by atoms with E-state index in [1.54, 1.807) is 16.2 Å². The van der Waals surface area contributed by atoms with Gasteiger partial charge in [-0.25, -0.2) is 0 Å². The van der Waals surface area contributed by atoms with Crippen LogP contribution in [0.3, 0.4) is 0 Å². The fourth-order valence-electron chi connectivity index (χ4n) is 2.72. The van der Waals surface area contributed by atoms with Crippen molar-refractivity contribution in [2.45, 2.75) is 18.8 Å². The van der Waals surface area contributed by atoms with Crippen LogP contribution in [0.25, 0.3) is 0 Å². The van der Waals surface area contributed by atoms with Crippen LogP contribution in [0.2, 0.25) is 0 Å². The highest BCUT2D eigenvalue weighted by atomic mass is 35.5. The molecule has 1 aromatic carbocycles. The summed E-state index contributed by atoms with van der Waals surface area (Å²) < 4.78 is 0. The lowest BCUT2D eigenvalue weighted by Crippen LogP contribution is -3.09. The third-order valence-corrected chi connectivity index (χ3v) is 3.37. The van der Waals surface area contributed by atoms with Crippen molar-refractivity contribution in [2.24, 2.45) is 0 Å². The van der Waals surface area contributed by atoms with Crippen molar-refractivity contribution < 1.29 is 17.3 Å². The van der Waals surface area contributed by atoms with Gasteiger partial charge in [-0.05, 0) is 6.07 Å². The van der Waals surface area contributed by atoms with Gasteiger partial charge < -0.3 is 17.3 Å². The highest BCUT2D eigenvalue weighted by Gasteiger charge is 2.34. The van der Waals surface area contributed by atoms with Crippen molar-refractivity contribution in [1.29, 1.82) is 0 Å². The number of para-hydroxylation sites is 1. The largest absolute Gasteiger partial charge is 1.00 e. The summed E-state index contributed by atoms with van der Waals surface area (Å²) in [5, 5.41) is 0. The highest BCUT2D eigenvalue weighted by Crippen LogP contribution is 2.32. The molecule has 4 rings (SSSR count). The van der Waals surface area contributed by atoms with E-state index in [9.17, 15) is 0 Å². The molecule has 0 atom stereocenters. The van der Waals surface area contributed by atoms with Crippen molar-refractivity contribution in [2.75, 3.05) is 13.1 Å². The molecule has 3 aliphatic heterocycles. The monoisotopic (exact) mass is 195 g/mol. The Kier molecular flexibility index (Phi) is 2.31. The molecule has 0 aromatic heterocycles. The molecule has 3 aliphatic rings. The first kappa shape index (κ1) is 9.04. The lowest BCUT2D eigenvalue weighted by molar-refractivity contribution is -0.844. The van der Waals surface area contributed by atoms with Crippen LogP contribution >= 0.6 is 0 Å². The zero-order valence-electron chi connectivity index (χ0n) is 7.59. The van der Waals surface area contributed by atoms with E-state index in [2.05, 4.69) is 24.3 Å². The van der Waals surface area contributed by atoms with Crippen LogP contribution in [0.15, 0.2) is 24.3 Å². The van der Waals surface area contributed by atoms with E-state index in [-0.39, 0.29) is 12.4 Å². The first-order valence-corrected chi connectivity index (χ1v) is 4.89. The smallest absolute Gasteiger partial charge is 0.134 e. The van der Waals surface area contributed by atoms with Gasteiger partial charge in [0.05, 0.1) is 13.1 Å². The number of benzene rings is 1. The van der Waals surface area contributed by atoms with Gasteiger partial charge in [0.25, 0.3) is 0 Å². The fourth-order valence-corrected chi connectivity index (χ4v) is 2.72. The van der Waals surface area contributed by atoms with Crippen molar-refractivity contribution in [3.05, 3.63) is 29.8 Å². The summed E-state index contributed by atoms with van der Waals surface area (Å²) in [6.07, 6.45) is 2.82. The van der Waals surface area contributed by atoms with E-state index in [1.807, 2.05) is 0 Å². The Morgan fingerprint density at radius 2 is 1.77 bits per heavy atom. The van der Waals surface area contributed by atoms with Gasteiger partial charge in [-0.3, -0.25) is 0 Å². The second-order valence-electron chi connectivity index (χ2n) is 3.97. The molecule has 1 aromatic rings. The van der Waals surface area contributed by atoms with Crippen molar-refractivity contribution in [1.82, 2.24) is 0 Å². The first-order chi connectivity index (χ1) is 5.95. The Morgan fingerprint density at radius 3 is 2.46 bits per heavy atom. The van der Waals surface area contributed by atoms with E-state index in [1.165, 1.54) is 25.9 Å². The fraction of sp³-hybridized carbons (Fsp3) is 0.455. The van der Waals surface area contributed by atoms with E-state index in [4.69, 9.17) is 0 Å². The summed E-state index contributed by atoms with van der Waals surface area (Å²) in [6.45, 7) is 2.73. The molecule has 0 unspecified atom stereocenters. The van der Waals surface area contributed by atoms with Gasteiger partial charge in [-0.1, -0.05) is 18.2 Å². The molecular formula is C11H14ClN. The van der Waals surface area contributed by atoms with Gasteiger partial charge in [0.15, 0.2) is 0 Å². The summed E-state index contributed by atoms with van der Waals surface area (Å²) in [5.41, 5.74) is 3.21. The van der Waals surface area contributed by atoms with E-state index in [0.29, 0.717) is 0 Å². The minimum absolute atomic E-state index is 0. The van der Waals surface area contributed by atoms with Gasteiger partial charge in [0.2, 0.25) is 0 Å². The zero-order chi connectivity index (χ0) is 7.97. The standard InChI is InChI=1S/C11H13N.ClH/c1-2-4-11-10(3-1)9-5-7-12(11)8-6-9;/h1-4,9H,5-8H2;1H. The number of quaternary nitrogens is 1. The second kappa shape index (κ2) is 3.32. The molecule has 0 saturated carbocycles. The SMILES string of the molecule is [Cl-].c1ccc2c(c1)C1CC[NH+]2CC1. The number of fused-ring (bicyclic) bond motifs is 2. The molecule has 2 bridgehead atoms. The molecule has 13 heavy (non-hydrogen) atoms. The van der Waals surface area contributed by atoms with Gasteiger partial charge in [-0.2, -0.15) is 0 Å². The van der Waals surface area contributed by atoms with E-state index >= 15 is 0 Å². The summed E-state index contributed by atoms with van der Waals surface area (Å²) in [4.78, 5) is 1.72. The van der Waals surface area contributed by atoms with Crippen LogP contribution in [0.1, 0.15) is 24.3 Å². The second-order valence-corrected chi connectivity index (χ2v) is 3.97. The predicted octanol–water partition coefficient (Wildman–Crippen LogP) is -1.90. The van der Waals surface area contributed by atoms with Crippen molar-refractivity contribution >= 4 is 5.69 Å². The quantitative estimate of drug-likeness (QED) is 0.494. The van der Waals surface area contributed by atoms with Gasteiger partial charge in [0, 0.05) is 24.3 Å². The normalized spacial score (nSPS) is 29.2. The van der Waals surface area contributed by atoms with Crippen molar-refractivity contribution in [3.63, 3.8) is 0 Å². The number of rotatable bonds is 0. The molecular weight excluding hydrogens is 182 g/mol. The lowest BCUT2D eigenvalue weighted by atomic mass is 9.83. The molecule has 3 heterocycles. The van der Waals surface area contributed by atoms with Crippen LogP contribution in [-0.2, 0) is 0 Å². The zero-order valence-corrected chi connectivity index (χ0v) is 8.35. The summed E-state index contributed by atoms with van der Waals surface area (Å²) in [6, 6.07) is 8.97. The summed E-state index contributed by atoms with van der Waals surface area (Å²) in [5.74, 6) is 0.888. The van der Waals surface area contributed by atoms with Crippen LogP contribution in [0, 0.1) is 0 Å². The van der Waals surface area contributed by atoms with E-state index < -0.39 is 0 Å². The summed E-state index contributed by atoms with van der Waals surface area (Å²) >= 11 is 0. The molecule has 2 heteroatoms. The molecule has 0 radical (unpaired) electrons. The maximum absolute atomic E-state index is 2.32. The van der Waals surface area contributed by atoms with Gasteiger partial charge >= 0.3 is 0 Å². The Labute approximate surface area is 85.2 Å². The Hall–Kier alpha value is -0.530. The topological polar surface area (TPSA) is 4.44 Å². The average molecular weight is 196 g/mol. The lowest BCUT2D eigenvalue weighted by Gasteiger charge is -2.37. The van der Waals surface area contributed by atoms with Crippen LogP contribution in [0.5, 0.6) is 0 Å². The van der Waals surface area contributed by atoms with Crippen LogP contribution in [0.4, 0.5) is 5.69 Å². The van der Waals surface area contributed by atoms with Crippen LogP contribution in [-0.4, -0.2) is 13.1 Å². The number of halogens is 1. The number of hydrogen-bond donors (Lipinski definition) is 1. The van der Waals surface area contributed by atoms with Crippen molar-refractivity contribution in [3.8, 4) is 0 Å². The third-order valence-electron chi connectivity index (χ3n) is 3.37. The minimum atomic E-state index is 0. The molecule has 70 valence electrons. The molecule has 1 nitrogen and oxygen atoms in total. The molecule has 1 fully saturated rings. The van der Waals surface area contributed by atoms with Gasteiger partial charge in [-0.15, -0.1) is 0 Å². The van der Waals surface area contributed by atoms with E-state index in [0.717, 1.165) is 5.92 Å². The highest BCUT2D eigenvalue weighted by molar-refractivity contribution is 5.44. The van der Waals surface area contributed by atoms with Crippen LogP contribution < -0.4 is 17.3 Å². The predicted molar refractivity (Wildman–Crippen MR) is 48.8 cm³/mol. The maximum atomic E-state index is 2.32. The maximum Gasteiger partial charge on any atom is 0.134 e. The molecule has 1 saturated heterocycles. The Morgan fingerprint density at radius 1 is 1.08 bits per heavy atom.